The Morgan fingerprint density at radius 2 is 2.00 bits per heavy atom. The third-order valence-electron chi connectivity index (χ3n) is 12.4. The van der Waals surface area contributed by atoms with Crippen molar-refractivity contribution in [2.45, 2.75) is 159 Å². The molecule has 48 heavy (non-hydrogen) atoms. The molecule has 0 bridgehead atoms. The molecule has 4 N–H and O–H groups in total. The summed E-state index contributed by atoms with van der Waals surface area (Å²) in [5, 5.41) is 19.7. The van der Waals surface area contributed by atoms with Gasteiger partial charge in [-0.1, -0.05) is 63.0 Å². The molecule has 0 radical (unpaired) electrons. The largest absolute Gasteiger partial charge is 0.390 e. The van der Waals surface area contributed by atoms with Crippen LogP contribution in [0.3, 0.4) is 0 Å². The SMILES string of the molecule is C=C1CC[C@H](OCCCNC(=O)CCCC[C@H]2SC[C@@H]3NC(=O)N[C@@H]32)C/C1=C\C=C1\CCC[C@@]2(C)C1CC[C@H]2[C@H](C)CCCC(C)(C)O. The second-order valence-corrected chi connectivity index (χ2v) is 17.9. The number of amides is 3. The topological polar surface area (TPSA) is 99.7 Å². The highest BCUT2D eigenvalue weighted by Gasteiger charge is 2.50. The van der Waals surface area contributed by atoms with E-state index in [2.05, 4.69) is 48.5 Å². The molecule has 5 rings (SSSR count). The number of hydrogen-bond donors (Lipinski definition) is 4. The molecule has 2 aliphatic heterocycles. The van der Waals surface area contributed by atoms with Crippen molar-refractivity contribution in [3.8, 4) is 0 Å². The molecular formula is C40H65N3O4S. The molecular weight excluding hydrogens is 619 g/mol. The maximum absolute atomic E-state index is 12.4. The first-order chi connectivity index (χ1) is 22.9. The molecule has 2 saturated heterocycles. The van der Waals surface area contributed by atoms with Crippen LogP contribution in [0, 0.1) is 23.2 Å². The lowest BCUT2D eigenvalue weighted by molar-refractivity contribution is -0.121. The first kappa shape index (κ1) is 37.5. The van der Waals surface area contributed by atoms with E-state index in [1.165, 1.54) is 49.7 Å². The van der Waals surface area contributed by atoms with E-state index in [4.69, 9.17) is 4.74 Å². The minimum atomic E-state index is -0.558. The van der Waals surface area contributed by atoms with Gasteiger partial charge in [0.05, 0.1) is 23.8 Å². The van der Waals surface area contributed by atoms with E-state index in [-0.39, 0.29) is 30.1 Å². The molecule has 3 amide bonds. The molecule has 3 saturated carbocycles. The first-order valence-electron chi connectivity index (χ1n) is 19.3. The zero-order chi connectivity index (χ0) is 34.3. The van der Waals surface area contributed by atoms with Crippen molar-refractivity contribution in [3.05, 3.63) is 35.5 Å². The minimum Gasteiger partial charge on any atom is -0.390 e. The van der Waals surface area contributed by atoms with E-state index < -0.39 is 5.60 Å². The maximum Gasteiger partial charge on any atom is 0.315 e. The summed E-state index contributed by atoms with van der Waals surface area (Å²) in [6.45, 7) is 14.7. The highest BCUT2D eigenvalue weighted by Crippen LogP contribution is 2.60. The lowest BCUT2D eigenvalue weighted by Gasteiger charge is -2.44. The average Bonchev–Trinajstić information content (AvgIpc) is 3.70. The first-order valence-corrected chi connectivity index (χ1v) is 20.3. The number of urea groups is 1. The molecule has 1 unspecified atom stereocenters. The van der Waals surface area contributed by atoms with Gasteiger partial charge >= 0.3 is 6.03 Å². The molecule has 7 nitrogen and oxygen atoms in total. The smallest absolute Gasteiger partial charge is 0.315 e. The van der Waals surface area contributed by atoms with Crippen LogP contribution in [0.25, 0.3) is 0 Å². The van der Waals surface area contributed by atoms with Gasteiger partial charge in [-0.25, -0.2) is 4.79 Å². The number of carbonyl (C=O) groups is 2. The Balaban J connectivity index is 0.991. The highest BCUT2D eigenvalue weighted by atomic mass is 32.2. The third-order valence-corrected chi connectivity index (χ3v) is 13.9. The van der Waals surface area contributed by atoms with E-state index >= 15 is 0 Å². The molecule has 270 valence electrons. The number of thioether (sulfide) groups is 1. The second-order valence-electron chi connectivity index (χ2n) is 16.6. The van der Waals surface area contributed by atoms with Gasteiger partial charge in [0.25, 0.3) is 0 Å². The normalized spacial score (nSPS) is 34.2. The Bertz CT molecular complexity index is 1190. The van der Waals surface area contributed by atoms with Crippen LogP contribution in [-0.2, 0) is 9.53 Å². The van der Waals surface area contributed by atoms with Gasteiger partial charge in [0.15, 0.2) is 0 Å². The van der Waals surface area contributed by atoms with Crippen molar-refractivity contribution in [2.75, 3.05) is 18.9 Å². The van der Waals surface area contributed by atoms with Crippen molar-refractivity contribution < 1.29 is 19.4 Å². The molecule has 5 fully saturated rings. The number of unbranched alkanes of at least 4 members (excludes halogenated alkanes) is 1. The number of ether oxygens (including phenoxy) is 1. The Morgan fingerprint density at radius 1 is 1.17 bits per heavy atom. The summed E-state index contributed by atoms with van der Waals surface area (Å²) >= 11 is 1.93. The van der Waals surface area contributed by atoms with Crippen molar-refractivity contribution >= 4 is 23.7 Å². The summed E-state index contributed by atoms with van der Waals surface area (Å²) in [6.07, 6.45) is 22.1. The Labute approximate surface area is 295 Å². The molecule has 0 aromatic rings. The number of fused-ring (bicyclic) bond motifs is 2. The summed E-state index contributed by atoms with van der Waals surface area (Å²) in [5.74, 6) is 3.28. The van der Waals surface area contributed by atoms with Crippen LogP contribution in [0.15, 0.2) is 35.5 Å². The van der Waals surface area contributed by atoms with Gasteiger partial charge in [-0.2, -0.15) is 11.8 Å². The fraction of sp³-hybridized carbons (Fsp3) is 0.800. The number of rotatable bonds is 16. The van der Waals surface area contributed by atoms with Crippen molar-refractivity contribution in [1.82, 2.24) is 16.0 Å². The van der Waals surface area contributed by atoms with E-state index in [1.54, 1.807) is 5.57 Å². The summed E-state index contributed by atoms with van der Waals surface area (Å²) in [5.41, 5.74) is 4.11. The van der Waals surface area contributed by atoms with Gasteiger partial charge in [0.1, 0.15) is 0 Å². The van der Waals surface area contributed by atoms with Gasteiger partial charge < -0.3 is 25.8 Å². The van der Waals surface area contributed by atoms with Crippen LogP contribution in [0.5, 0.6) is 0 Å². The predicted molar refractivity (Wildman–Crippen MR) is 198 cm³/mol. The van der Waals surface area contributed by atoms with Crippen LogP contribution in [0.2, 0.25) is 0 Å². The fourth-order valence-corrected chi connectivity index (χ4v) is 11.3. The summed E-state index contributed by atoms with van der Waals surface area (Å²) in [6, 6.07) is 0.468. The van der Waals surface area contributed by atoms with Gasteiger partial charge in [-0.05, 0) is 120 Å². The maximum atomic E-state index is 12.4. The number of nitrogens with one attached hydrogen (secondary N) is 3. The number of hydrogen-bond acceptors (Lipinski definition) is 5. The summed E-state index contributed by atoms with van der Waals surface area (Å²) < 4.78 is 6.30. The van der Waals surface area contributed by atoms with Gasteiger partial charge in [-0.3, -0.25) is 4.79 Å². The quantitative estimate of drug-likeness (QED) is 0.0977. The Hall–Kier alpha value is -1.77. The number of carbonyl (C=O) groups excluding carboxylic acids is 2. The van der Waals surface area contributed by atoms with Gasteiger partial charge in [0.2, 0.25) is 5.91 Å². The fourth-order valence-electron chi connectivity index (χ4n) is 9.71. The van der Waals surface area contributed by atoms with Crippen molar-refractivity contribution in [2.24, 2.45) is 23.2 Å². The number of allylic oxidation sites excluding steroid dienone is 4. The molecule has 0 spiro atoms. The van der Waals surface area contributed by atoms with E-state index in [1.807, 2.05) is 25.6 Å². The van der Waals surface area contributed by atoms with Crippen LogP contribution in [0.1, 0.15) is 130 Å². The molecule has 0 aromatic carbocycles. The molecule has 8 heteroatoms. The molecule has 5 aliphatic rings. The zero-order valence-corrected chi connectivity index (χ0v) is 31.2. The predicted octanol–water partition coefficient (Wildman–Crippen LogP) is 7.99. The lowest BCUT2D eigenvalue weighted by atomic mass is 9.60. The van der Waals surface area contributed by atoms with Gasteiger partial charge in [-0.15, -0.1) is 0 Å². The van der Waals surface area contributed by atoms with Gasteiger partial charge in [0, 0.05) is 30.6 Å². The summed E-state index contributed by atoms with van der Waals surface area (Å²) in [4.78, 5) is 23.9. The molecule has 2 heterocycles. The van der Waals surface area contributed by atoms with Crippen molar-refractivity contribution in [1.29, 1.82) is 0 Å². The van der Waals surface area contributed by atoms with Crippen molar-refractivity contribution in [3.63, 3.8) is 0 Å². The average molecular weight is 684 g/mol. The second kappa shape index (κ2) is 17.0. The Kier molecular flexibility index (Phi) is 13.2. The van der Waals surface area contributed by atoms with Crippen LogP contribution < -0.4 is 16.0 Å². The van der Waals surface area contributed by atoms with Crippen LogP contribution in [-0.4, -0.2) is 65.0 Å². The van der Waals surface area contributed by atoms with Crippen LogP contribution >= 0.6 is 11.8 Å². The zero-order valence-electron chi connectivity index (χ0n) is 30.4. The summed E-state index contributed by atoms with van der Waals surface area (Å²) in [7, 11) is 0. The molecule has 3 aliphatic carbocycles. The number of aliphatic hydroxyl groups is 1. The highest BCUT2D eigenvalue weighted by molar-refractivity contribution is 8.00. The molecule has 0 aromatic heterocycles. The Morgan fingerprint density at radius 3 is 2.81 bits per heavy atom. The standard InChI is InChI=1S/C40H65N3O4S/c1-27-15-18-31(47-24-10-23-41-36(44)14-7-6-13-35-37-34(26-48-35)42-38(45)43-37)25-30(27)17-16-29-12-9-22-40(5)32(19-20-33(29)40)28(2)11-8-21-39(3,4)46/h16-17,28,31-35,37,46H,1,6-15,18-26H2,2-5H3,(H,41,44)(H2,42,43,45)/b29-16-,30-17+/t28-,31+,32+,33?,34+,35-,37+,40-/m1/s1. The van der Waals surface area contributed by atoms with E-state index in [0.29, 0.717) is 42.1 Å². The third kappa shape index (κ3) is 9.93. The van der Waals surface area contributed by atoms with E-state index in [9.17, 15) is 14.7 Å². The monoisotopic (exact) mass is 683 g/mol. The minimum absolute atomic E-state index is 0.0385. The van der Waals surface area contributed by atoms with Crippen LogP contribution in [0.4, 0.5) is 4.79 Å². The lowest BCUT2D eigenvalue weighted by Crippen LogP contribution is -2.36. The van der Waals surface area contributed by atoms with E-state index in [0.717, 1.165) is 69.5 Å². The molecule has 8 atom stereocenters.